The molecule has 0 spiro atoms. The zero-order valence-corrected chi connectivity index (χ0v) is 18.1. The lowest BCUT2D eigenvalue weighted by Crippen LogP contribution is -2.17. The normalized spacial score (nSPS) is 12.0. The zero-order valence-electron chi connectivity index (χ0n) is 17.3. The predicted molar refractivity (Wildman–Crippen MR) is 111 cm³/mol. The molecule has 0 aliphatic heterocycles. The minimum Gasteiger partial charge on any atom is -0.406 e. The van der Waals surface area contributed by atoms with Crippen molar-refractivity contribution in [1.82, 2.24) is 4.98 Å². The van der Waals surface area contributed by atoms with Crippen molar-refractivity contribution in [2.45, 2.75) is 43.8 Å². The van der Waals surface area contributed by atoms with Gasteiger partial charge in [0.05, 0.1) is 4.90 Å². The van der Waals surface area contributed by atoms with E-state index in [-0.39, 0.29) is 15.6 Å². The van der Waals surface area contributed by atoms with Gasteiger partial charge in [-0.05, 0) is 75.2 Å². The number of anilines is 2. The smallest absolute Gasteiger partial charge is 0.406 e. The van der Waals surface area contributed by atoms with Crippen LogP contribution in [0.25, 0.3) is 0 Å². The number of hydrogen-bond acceptors (Lipinski definition) is 5. The lowest BCUT2D eigenvalue weighted by molar-refractivity contribution is -0.274. The maximum atomic E-state index is 13.2. The molecule has 0 fully saturated rings. The molecule has 0 aliphatic rings. The standard InChI is InChI=1S/C22H21F3N2O3S/c1-13-11-14(2)20(15(3)12-13)27-21-19(10-5-16(4)26-21)31(28,29)18-8-6-17(7-9-18)30-22(23,24)25/h5-12H,1-4H3,(H,26,27). The van der Waals surface area contributed by atoms with Crippen LogP contribution in [0.1, 0.15) is 22.4 Å². The Labute approximate surface area is 178 Å². The summed E-state index contributed by atoms with van der Waals surface area (Å²) in [5, 5.41) is 3.13. The fraction of sp³-hybridized carbons (Fsp3) is 0.227. The number of hydrogen-bond donors (Lipinski definition) is 1. The maximum Gasteiger partial charge on any atom is 0.573 e. The third-order valence-corrected chi connectivity index (χ3v) is 6.38. The van der Waals surface area contributed by atoms with E-state index >= 15 is 0 Å². The van der Waals surface area contributed by atoms with Crippen LogP contribution in [-0.2, 0) is 9.84 Å². The highest BCUT2D eigenvalue weighted by molar-refractivity contribution is 7.91. The van der Waals surface area contributed by atoms with Gasteiger partial charge in [0.1, 0.15) is 16.5 Å². The molecule has 5 nitrogen and oxygen atoms in total. The van der Waals surface area contributed by atoms with Crippen molar-refractivity contribution in [3.05, 3.63) is 70.9 Å². The molecular formula is C22H21F3N2O3S. The van der Waals surface area contributed by atoms with Crippen molar-refractivity contribution >= 4 is 21.3 Å². The van der Waals surface area contributed by atoms with Crippen molar-refractivity contribution in [2.24, 2.45) is 0 Å². The third kappa shape index (κ3) is 5.16. The second-order valence-electron chi connectivity index (χ2n) is 7.22. The average molecular weight is 450 g/mol. The van der Waals surface area contributed by atoms with Gasteiger partial charge in [0.25, 0.3) is 0 Å². The summed E-state index contributed by atoms with van der Waals surface area (Å²) in [5.74, 6) is -0.358. The molecule has 2 aromatic carbocycles. The molecule has 1 aromatic heterocycles. The van der Waals surface area contributed by atoms with Gasteiger partial charge in [-0.1, -0.05) is 17.7 Å². The van der Waals surface area contributed by atoms with Gasteiger partial charge in [-0.25, -0.2) is 13.4 Å². The molecule has 164 valence electrons. The van der Waals surface area contributed by atoms with Crippen molar-refractivity contribution in [1.29, 1.82) is 0 Å². The first-order valence-electron chi connectivity index (χ1n) is 9.30. The molecule has 0 radical (unpaired) electrons. The van der Waals surface area contributed by atoms with Gasteiger partial charge >= 0.3 is 6.36 Å². The number of aryl methyl sites for hydroxylation is 4. The molecule has 3 rings (SSSR count). The first-order valence-corrected chi connectivity index (χ1v) is 10.8. The van der Waals surface area contributed by atoms with Gasteiger partial charge < -0.3 is 10.1 Å². The first-order chi connectivity index (χ1) is 14.4. The Kier molecular flexibility index (Phi) is 6.00. The molecule has 3 aromatic rings. The number of alkyl halides is 3. The van der Waals surface area contributed by atoms with Crippen LogP contribution in [-0.4, -0.2) is 19.8 Å². The van der Waals surface area contributed by atoms with Crippen LogP contribution in [0.2, 0.25) is 0 Å². The van der Waals surface area contributed by atoms with E-state index in [0.29, 0.717) is 5.69 Å². The van der Waals surface area contributed by atoms with Gasteiger partial charge in [-0.3, -0.25) is 0 Å². The molecule has 0 unspecified atom stereocenters. The van der Waals surface area contributed by atoms with Gasteiger partial charge in [0.2, 0.25) is 9.84 Å². The zero-order chi connectivity index (χ0) is 23.0. The summed E-state index contributed by atoms with van der Waals surface area (Å²) < 4.78 is 67.4. The van der Waals surface area contributed by atoms with E-state index in [1.807, 2.05) is 32.9 Å². The Hall–Kier alpha value is -3.07. The number of rotatable bonds is 5. The van der Waals surface area contributed by atoms with Gasteiger partial charge in [0.15, 0.2) is 0 Å². The lowest BCUT2D eigenvalue weighted by Gasteiger charge is -2.17. The van der Waals surface area contributed by atoms with E-state index in [9.17, 15) is 21.6 Å². The van der Waals surface area contributed by atoms with Crippen LogP contribution >= 0.6 is 0 Å². The van der Waals surface area contributed by atoms with E-state index < -0.39 is 21.9 Å². The quantitative estimate of drug-likeness (QED) is 0.533. The van der Waals surface area contributed by atoms with Crippen molar-refractivity contribution in [2.75, 3.05) is 5.32 Å². The second kappa shape index (κ2) is 8.22. The Bertz CT molecular complexity index is 1200. The SMILES string of the molecule is Cc1cc(C)c(Nc2nc(C)ccc2S(=O)(=O)c2ccc(OC(F)(F)F)cc2)c(C)c1. The highest BCUT2D eigenvalue weighted by Gasteiger charge is 2.31. The van der Waals surface area contributed by atoms with Crippen LogP contribution in [0.5, 0.6) is 5.75 Å². The van der Waals surface area contributed by atoms with E-state index in [4.69, 9.17) is 0 Å². The van der Waals surface area contributed by atoms with Crippen LogP contribution in [0.15, 0.2) is 58.3 Å². The van der Waals surface area contributed by atoms with Crippen LogP contribution in [0.3, 0.4) is 0 Å². The average Bonchev–Trinajstić information content (AvgIpc) is 2.63. The summed E-state index contributed by atoms with van der Waals surface area (Å²) in [6.45, 7) is 7.52. The molecule has 1 N–H and O–H groups in total. The first kappa shape index (κ1) is 22.6. The highest BCUT2D eigenvalue weighted by atomic mass is 32.2. The molecule has 0 bridgehead atoms. The summed E-state index contributed by atoms with van der Waals surface area (Å²) >= 11 is 0. The predicted octanol–water partition coefficient (Wildman–Crippen LogP) is 5.79. The fourth-order valence-electron chi connectivity index (χ4n) is 3.29. The van der Waals surface area contributed by atoms with E-state index in [1.165, 1.54) is 6.07 Å². The van der Waals surface area contributed by atoms with Gasteiger partial charge in [0, 0.05) is 11.4 Å². The number of nitrogens with one attached hydrogen (secondary N) is 1. The summed E-state index contributed by atoms with van der Waals surface area (Å²) in [6, 6.07) is 11.0. The number of aromatic nitrogens is 1. The van der Waals surface area contributed by atoms with Crippen LogP contribution in [0, 0.1) is 27.7 Å². The minimum atomic E-state index is -4.86. The molecule has 9 heteroatoms. The highest BCUT2D eigenvalue weighted by Crippen LogP contribution is 2.33. The Balaban J connectivity index is 2.03. The number of halogens is 3. The minimum absolute atomic E-state index is 0.0815. The van der Waals surface area contributed by atoms with Crippen LogP contribution in [0.4, 0.5) is 24.7 Å². The number of benzene rings is 2. The number of pyridine rings is 1. The number of sulfone groups is 1. The topological polar surface area (TPSA) is 68.3 Å². The molecule has 0 saturated carbocycles. The van der Waals surface area contributed by atoms with Gasteiger partial charge in [-0.15, -0.1) is 13.2 Å². The molecule has 0 saturated heterocycles. The van der Waals surface area contributed by atoms with E-state index in [0.717, 1.165) is 46.6 Å². The van der Waals surface area contributed by atoms with Crippen molar-refractivity contribution < 1.29 is 26.3 Å². The second-order valence-corrected chi connectivity index (χ2v) is 9.14. The number of nitrogens with zero attached hydrogens (tertiary/aromatic N) is 1. The van der Waals surface area contributed by atoms with Crippen molar-refractivity contribution in [3.8, 4) is 5.75 Å². The van der Waals surface area contributed by atoms with Gasteiger partial charge in [-0.2, -0.15) is 0 Å². The molecule has 0 amide bonds. The Morgan fingerprint density at radius 1 is 0.903 bits per heavy atom. The summed E-state index contributed by atoms with van der Waals surface area (Å²) in [6.07, 6.45) is -4.86. The molecule has 1 heterocycles. The monoisotopic (exact) mass is 450 g/mol. The number of ether oxygens (including phenoxy) is 1. The van der Waals surface area contributed by atoms with E-state index in [1.54, 1.807) is 13.0 Å². The largest absolute Gasteiger partial charge is 0.573 e. The third-order valence-electron chi connectivity index (χ3n) is 4.58. The Morgan fingerprint density at radius 2 is 1.48 bits per heavy atom. The fourth-order valence-corrected chi connectivity index (χ4v) is 4.64. The maximum absolute atomic E-state index is 13.2. The van der Waals surface area contributed by atoms with Crippen LogP contribution < -0.4 is 10.1 Å². The molecule has 0 aliphatic carbocycles. The summed E-state index contributed by atoms with van der Waals surface area (Å²) in [7, 11) is -4.06. The summed E-state index contributed by atoms with van der Waals surface area (Å²) in [5.41, 5.74) is 4.29. The molecule has 31 heavy (non-hydrogen) atoms. The van der Waals surface area contributed by atoms with Crippen molar-refractivity contribution in [3.63, 3.8) is 0 Å². The lowest BCUT2D eigenvalue weighted by atomic mass is 10.1. The Morgan fingerprint density at radius 3 is 2.03 bits per heavy atom. The molecular weight excluding hydrogens is 429 g/mol. The summed E-state index contributed by atoms with van der Waals surface area (Å²) in [4.78, 5) is 4.11. The molecule has 0 atom stereocenters. The van der Waals surface area contributed by atoms with E-state index in [2.05, 4.69) is 15.0 Å².